The first-order valence-corrected chi connectivity index (χ1v) is 8.45. The second kappa shape index (κ2) is 9.38. The number of nitrogens with zero attached hydrogens (tertiary/aromatic N) is 1. The topological polar surface area (TPSA) is 29.5 Å². The molecule has 0 aliphatic rings. The van der Waals surface area contributed by atoms with Crippen molar-refractivity contribution in [2.24, 2.45) is 0 Å². The van der Waals surface area contributed by atoms with Gasteiger partial charge in [-0.1, -0.05) is 49.4 Å². The first-order valence-electron chi connectivity index (χ1n) is 8.45. The van der Waals surface area contributed by atoms with E-state index in [4.69, 9.17) is 0 Å². The molecule has 2 aromatic carbocycles. The number of alkyl halides is 3. The number of amides is 1. The minimum atomic E-state index is -4.34. The number of benzene rings is 2. The minimum absolute atomic E-state index is 0.0986. The van der Waals surface area contributed by atoms with E-state index in [-0.39, 0.29) is 12.5 Å². The molecule has 0 aromatic heterocycles. The molecule has 0 radical (unpaired) electrons. The molecule has 2 aromatic rings. The number of halogens is 3. The number of ether oxygens (including phenoxy) is 1. The Morgan fingerprint density at radius 2 is 1.65 bits per heavy atom. The molecule has 1 amide bonds. The molecule has 0 saturated heterocycles. The smallest absolute Gasteiger partial charge is 0.367 e. The third-order valence-corrected chi connectivity index (χ3v) is 3.73. The number of hydrogen-bond donors (Lipinski definition) is 0. The maximum Gasteiger partial charge on any atom is 0.411 e. The van der Waals surface area contributed by atoms with Gasteiger partial charge in [0.25, 0.3) is 5.91 Å². The SMILES string of the molecule is CCCN(Cc1ccccc1)C(=O)c1ccc(COCC(F)(F)F)cc1. The Morgan fingerprint density at radius 3 is 2.23 bits per heavy atom. The monoisotopic (exact) mass is 365 g/mol. The number of carbonyl (C=O) groups excluding carboxylic acids is 1. The highest BCUT2D eigenvalue weighted by molar-refractivity contribution is 5.94. The van der Waals surface area contributed by atoms with E-state index in [1.165, 1.54) is 0 Å². The fourth-order valence-corrected chi connectivity index (χ4v) is 2.54. The summed E-state index contributed by atoms with van der Waals surface area (Å²) < 4.78 is 40.9. The van der Waals surface area contributed by atoms with Crippen LogP contribution in [0.5, 0.6) is 0 Å². The predicted molar refractivity (Wildman–Crippen MR) is 93.6 cm³/mol. The zero-order valence-electron chi connectivity index (χ0n) is 14.6. The molecule has 0 bridgehead atoms. The first-order chi connectivity index (χ1) is 12.4. The molecule has 0 heterocycles. The summed E-state index contributed by atoms with van der Waals surface area (Å²) >= 11 is 0. The second-order valence-corrected chi connectivity index (χ2v) is 6.02. The molecule has 3 nitrogen and oxygen atoms in total. The summed E-state index contributed by atoms with van der Waals surface area (Å²) in [5, 5.41) is 0. The van der Waals surface area contributed by atoms with Gasteiger partial charge in [0.15, 0.2) is 0 Å². The Labute approximate surface area is 151 Å². The second-order valence-electron chi connectivity index (χ2n) is 6.02. The molecule has 0 aliphatic heterocycles. The Balaban J connectivity index is 1.99. The first kappa shape index (κ1) is 20.0. The summed E-state index contributed by atoms with van der Waals surface area (Å²) in [7, 11) is 0. The summed E-state index contributed by atoms with van der Waals surface area (Å²) in [6.45, 7) is 1.73. The normalized spacial score (nSPS) is 11.4. The van der Waals surface area contributed by atoms with Crippen molar-refractivity contribution < 1.29 is 22.7 Å². The van der Waals surface area contributed by atoms with E-state index in [0.29, 0.717) is 24.2 Å². The molecular formula is C20H22F3NO2. The van der Waals surface area contributed by atoms with E-state index in [9.17, 15) is 18.0 Å². The van der Waals surface area contributed by atoms with E-state index >= 15 is 0 Å². The predicted octanol–water partition coefficient (Wildman–Crippen LogP) is 4.82. The van der Waals surface area contributed by atoms with Gasteiger partial charge in [-0.15, -0.1) is 0 Å². The molecule has 0 fully saturated rings. The number of hydrogen-bond acceptors (Lipinski definition) is 2. The standard InChI is InChI=1S/C20H22F3NO2/c1-2-12-24(13-16-6-4-3-5-7-16)19(25)18-10-8-17(9-11-18)14-26-15-20(21,22)23/h3-11H,2,12-15H2,1H3. The molecule has 6 heteroatoms. The molecule has 2 rings (SSSR count). The van der Waals surface area contributed by atoms with Crippen molar-refractivity contribution in [2.45, 2.75) is 32.7 Å². The van der Waals surface area contributed by atoms with Crippen LogP contribution in [0, 0.1) is 0 Å². The van der Waals surface area contributed by atoms with Crippen LogP contribution in [0.2, 0.25) is 0 Å². The van der Waals surface area contributed by atoms with Gasteiger partial charge in [-0.25, -0.2) is 0 Å². The van der Waals surface area contributed by atoms with Crippen LogP contribution in [0.25, 0.3) is 0 Å². The van der Waals surface area contributed by atoms with Crippen LogP contribution in [0.3, 0.4) is 0 Å². The molecule has 0 spiro atoms. The summed E-state index contributed by atoms with van der Waals surface area (Å²) in [6, 6.07) is 16.2. The van der Waals surface area contributed by atoms with Crippen molar-refractivity contribution in [1.29, 1.82) is 0 Å². The average Bonchev–Trinajstić information content (AvgIpc) is 2.61. The molecule has 0 aliphatic carbocycles. The van der Waals surface area contributed by atoms with Gasteiger partial charge in [0, 0.05) is 18.7 Å². The zero-order valence-corrected chi connectivity index (χ0v) is 14.6. The lowest BCUT2D eigenvalue weighted by atomic mass is 10.1. The molecule has 0 N–H and O–H groups in total. The van der Waals surface area contributed by atoms with Gasteiger partial charge in [-0.2, -0.15) is 13.2 Å². The average molecular weight is 365 g/mol. The molecule has 26 heavy (non-hydrogen) atoms. The van der Waals surface area contributed by atoms with Crippen molar-refractivity contribution in [1.82, 2.24) is 4.90 Å². The molecule has 0 unspecified atom stereocenters. The van der Waals surface area contributed by atoms with Gasteiger partial charge in [-0.3, -0.25) is 4.79 Å². The fraction of sp³-hybridized carbons (Fsp3) is 0.350. The van der Waals surface area contributed by atoms with E-state index < -0.39 is 12.8 Å². The maximum atomic E-state index is 12.7. The van der Waals surface area contributed by atoms with Crippen molar-refractivity contribution in [3.05, 3.63) is 71.3 Å². The van der Waals surface area contributed by atoms with Crippen LogP contribution in [0.4, 0.5) is 13.2 Å². The van der Waals surface area contributed by atoms with Gasteiger partial charge in [0.1, 0.15) is 6.61 Å². The zero-order chi connectivity index (χ0) is 19.0. The van der Waals surface area contributed by atoms with Crippen molar-refractivity contribution in [2.75, 3.05) is 13.2 Å². The third-order valence-electron chi connectivity index (χ3n) is 3.73. The third kappa shape index (κ3) is 6.52. The van der Waals surface area contributed by atoms with Crippen LogP contribution in [-0.4, -0.2) is 30.1 Å². The summed E-state index contributed by atoms with van der Waals surface area (Å²) in [6.07, 6.45) is -3.50. The van der Waals surface area contributed by atoms with Crippen molar-refractivity contribution >= 4 is 5.91 Å². The molecule has 140 valence electrons. The van der Waals surface area contributed by atoms with Crippen LogP contribution in [0.1, 0.15) is 34.8 Å². The van der Waals surface area contributed by atoms with Crippen LogP contribution in [-0.2, 0) is 17.9 Å². The minimum Gasteiger partial charge on any atom is -0.367 e. The fourth-order valence-electron chi connectivity index (χ4n) is 2.54. The number of carbonyl (C=O) groups is 1. The lowest BCUT2D eigenvalue weighted by Gasteiger charge is -2.22. The highest BCUT2D eigenvalue weighted by atomic mass is 19.4. The van der Waals surface area contributed by atoms with Crippen molar-refractivity contribution in [3.63, 3.8) is 0 Å². The Kier molecular flexibility index (Phi) is 7.21. The highest BCUT2D eigenvalue weighted by Gasteiger charge is 2.27. The number of rotatable bonds is 8. The van der Waals surface area contributed by atoms with E-state index in [0.717, 1.165) is 12.0 Å². The Bertz CT molecular complexity index is 684. The summed E-state index contributed by atoms with van der Waals surface area (Å²) in [5.74, 6) is -0.0986. The molecular weight excluding hydrogens is 343 g/mol. The van der Waals surface area contributed by atoms with Gasteiger partial charge < -0.3 is 9.64 Å². The molecule has 0 atom stereocenters. The van der Waals surface area contributed by atoms with Gasteiger partial charge in [-0.05, 0) is 29.7 Å². The van der Waals surface area contributed by atoms with Gasteiger partial charge >= 0.3 is 6.18 Å². The Morgan fingerprint density at radius 1 is 1.00 bits per heavy atom. The van der Waals surface area contributed by atoms with Crippen LogP contribution >= 0.6 is 0 Å². The molecule has 0 saturated carbocycles. The highest BCUT2D eigenvalue weighted by Crippen LogP contribution is 2.16. The van der Waals surface area contributed by atoms with Crippen LogP contribution < -0.4 is 0 Å². The van der Waals surface area contributed by atoms with E-state index in [1.54, 1.807) is 29.2 Å². The lowest BCUT2D eigenvalue weighted by Crippen LogP contribution is -2.31. The lowest BCUT2D eigenvalue weighted by molar-refractivity contribution is -0.176. The summed E-state index contributed by atoms with van der Waals surface area (Å²) in [4.78, 5) is 14.5. The van der Waals surface area contributed by atoms with Gasteiger partial charge in [0.05, 0.1) is 6.61 Å². The quantitative estimate of drug-likeness (QED) is 0.671. The van der Waals surface area contributed by atoms with Crippen LogP contribution in [0.15, 0.2) is 54.6 Å². The van der Waals surface area contributed by atoms with Crippen molar-refractivity contribution in [3.8, 4) is 0 Å². The maximum absolute atomic E-state index is 12.7. The van der Waals surface area contributed by atoms with E-state index in [2.05, 4.69) is 4.74 Å². The largest absolute Gasteiger partial charge is 0.411 e. The van der Waals surface area contributed by atoms with E-state index in [1.807, 2.05) is 37.3 Å². The Hall–Kier alpha value is -2.34. The van der Waals surface area contributed by atoms with Gasteiger partial charge in [0.2, 0.25) is 0 Å². The summed E-state index contributed by atoms with van der Waals surface area (Å²) in [5.41, 5.74) is 2.15.